The van der Waals surface area contributed by atoms with E-state index in [2.05, 4.69) is 9.88 Å². The number of hydrogen-bond donors (Lipinski definition) is 1. The number of halogens is 2. The van der Waals surface area contributed by atoms with Crippen LogP contribution in [-0.4, -0.2) is 35.7 Å². The van der Waals surface area contributed by atoms with Crippen molar-refractivity contribution in [3.8, 4) is 11.5 Å². The lowest BCUT2D eigenvalue weighted by molar-refractivity contribution is -0.127. The summed E-state index contributed by atoms with van der Waals surface area (Å²) in [4.78, 5) is 19.9. The standard InChI is InChI=1S/C30H37ClFN3O3S/c1-37-26-14-13-21(15-27(26)38-2)39-18-28-34-24-17-23(32)22(31)16-25(24)35(28)29(19-9-5-3-6-10-19)30(36)33-20-11-7-4-8-12-20/h13-17,19-20,29H,3-12,18H2,1-2H3,(H,33,36). The Labute approximate surface area is 239 Å². The minimum atomic E-state index is -0.506. The molecule has 2 aromatic carbocycles. The number of nitrogens with zero attached hydrogens (tertiary/aromatic N) is 2. The summed E-state index contributed by atoms with van der Waals surface area (Å²) in [5.41, 5.74) is 1.23. The number of fused-ring (bicyclic) bond motifs is 1. The number of imidazole rings is 1. The van der Waals surface area contributed by atoms with E-state index < -0.39 is 11.9 Å². The molecule has 0 radical (unpaired) electrons. The van der Waals surface area contributed by atoms with Gasteiger partial charge in [-0.2, -0.15) is 0 Å². The number of thioether (sulfide) groups is 1. The maximum Gasteiger partial charge on any atom is 0.243 e. The van der Waals surface area contributed by atoms with Crippen LogP contribution in [0, 0.1) is 11.7 Å². The first-order valence-electron chi connectivity index (χ1n) is 14.0. The van der Waals surface area contributed by atoms with Crippen LogP contribution in [0.3, 0.4) is 0 Å². The number of nitrogens with one attached hydrogen (secondary N) is 1. The first-order valence-corrected chi connectivity index (χ1v) is 15.4. The lowest BCUT2D eigenvalue weighted by Gasteiger charge is -2.33. The van der Waals surface area contributed by atoms with Gasteiger partial charge in [-0.05, 0) is 55.9 Å². The van der Waals surface area contributed by atoms with Crippen LogP contribution < -0.4 is 14.8 Å². The molecule has 0 aliphatic heterocycles. The molecule has 2 aliphatic rings. The molecular weight excluding hydrogens is 537 g/mol. The molecule has 1 unspecified atom stereocenters. The zero-order valence-electron chi connectivity index (χ0n) is 22.7. The minimum absolute atomic E-state index is 0.0397. The van der Waals surface area contributed by atoms with Gasteiger partial charge in [0.15, 0.2) is 11.5 Å². The highest BCUT2D eigenvalue weighted by Crippen LogP contribution is 2.39. The number of hydrogen-bond acceptors (Lipinski definition) is 5. The van der Waals surface area contributed by atoms with Crippen LogP contribution in [0.15, 0.2) is 35.2 Å². The summed E-state index contributed by atoms with van der Waals surface area (Å²) in [6.45, 7) is 0. The van der Waals surface area contributed by atoms with Crippen LogP contribution in [0.4, 0.5) is 4.39 Å². The zero-order valence-corrected chi connectivity index (χ0v) is 24.3. The fourth-order valence-corrected chi connectivity index (χ4v) is 7.14. The number of carbonyl (C=O) groups excluding carboxylic acids is 1. The molecule has 6 nitrogen and oxygen atoms in total. The highest BCUT2D eigenvalue weighted by molar-refractivity contribution is 7.98. The molecule has 2 saturated carbocycles. The number of benzene rings is 2. The van der Waals surface area contributed by atoms with Crippen molar-refractivity contribution in [2.24, 2.45) is 5.92 Å². The second-order valence-corrected chi connectivity index (χ2v) is 12.1. The number of ether oxygens (including phenoxy) is 2. The van der Waals surface area contributed by atoms with E-state index >= 15 is 0 Å². The molecule has 0 saturated heterocycles. The van der Waals surface area contributed by atoms with E-state index in [0.29, 0.717) is 28.3 Å². The van der Waals surface area contributed by atoms with E-state index in [1.165, 1.54) is 18.9 Å². The van der Waals surface area contributed by atoms with E-state index in [-0.39, 0.29) is 22.9 Å². The average molecular weight is 574 g/mol. The fourth-order valence-electron chi connectivity index (χ4n) is 6.13. The Morgan fingerprint density at radius 2 is 1.74 bits per heavy atom. The molecule has 0 spiro atoms. The van der Waals surface area contributed by atoms with Gasteiger partial charge >= 0.3 is 0 Å². The summed E-state index contributed by atoms with van der Waals surface area (Å²) in [6, 6.07) is 8.59. The zero-order chi connectivity index (χ0) is 27.4. The molecule has 2 aliphatic carbocycles. The van der Waals surface area contributed by atoms with Crippen molar-refractivity contribution < 1.29 is 18.7 Å². The second kappa shape index (κ2) is 12.8. The highest BCUT2D eigenvalue weighted by atomic mass is 35.5. The van der Waals surface area contributed by atoms with Crippen LogP contribution in [0.25, 0.3) is 11.0 Å². The van der Waals surface area contributed by atoms with Gasteiger partial charge < -0.3 is 19.4 Å². The van der Waals surface area contributed by atoms with Crippen molar-refractivity contribution in [1.29, 1.82) is 0 Å². The Morgan fingerprint density at radius 3 is 2.44 bits per heavy atom. The Morgan fingerprint density at radius 1 is 1.05 bits per heavy atom. The number of carbonyl (C=O) groups is 1. The third-order valence-electron chi connectivity index (χ3n) is 8.12. The van der Waals surface area contributed by atoms with E-state index in [1.807, 2.05) is 18.2 Å². The predicted octanol–water partition coefficient (Wildman–Crippen LogP) is 7.71. The van der Waals surface area contributed by atoms with Crippen molar-refractivity contribution in [3.05, 3.63) is 47.0 Å². The molecule has 1 atom stereocenters. The van der Waals surface area contributed by atoms with Gasteiger partial charge in [-0.3, -0.25) is 4.79 Å². The van der Waals surface area contributed by atoms with Crippen molar-refractivity contribution in [3.63, 3.8) is 0 Å². The van der Waals surface area contributed by atoms with Crippen molar-refractivity contribution in [1.82, 2.24) is 14.9 Å². The molecule has 5 rings (SSSR count). The van der Waals surface area contributed by atoms with Gasteiger partial charge in [0, 0.05) is 17.0 Å². The van der Waals surface area contributed by atoms with Crippen LogP contribution >= 0.6 is 23.4 Å². The molecular formula is C30H37ClFN3O3S. The lowest BCUT2D eigenvalue weighted by atomic mass is 9.83. The molecule has 1 heterocycles. The Kier molecular flexibility index (Phi) is 9.23. The highest BCUT2D eigenvalue weighted by Gasteiger charge is 2.35. The number of rotatable bonds is 9. The maximum atomic E-state index is 14.5. The van der Waals surface area contributed by atoms with Crippen LogP contribution in [0.1, 0.15) is 76.1 Å². The van der Waals surface area contributed by atoms with Crippen molar-refractivity contribution >= 4 is 40.3 Å². The number of amides is 1. The molecule has 1 N–H and O–H groups in total. The molecule has 1 aromatic heterocycles. The smallest absolute Gasteiger partial charge is 0.243 e. The monoisotopic (exact) mass is 573 g/mol. The summed E-state index contributed by atoms with van der Waals surface area (Å²) in [5.74, 6) is 2.28. The number of aromatic nitrogens is 2. The first kappa shape index (κ1) is 28.1. The maximum absolute atomic E-state index is 14.5. The van der Waals surface area contributed by atoms with E-state index in [4.69, 9.17) is 26.1 Å². The van der Waals surface area contributed by atoms with Crippen LogP contribution in [0.5, 0.6) is 11.5 Å². The summed E-state index contributed by atoms with van der Waals surface area (Å²) in [5, 5.41) is 3.43. The summed E-state index contributed by atoms with van der Waals surface area (Å²) in [6.07, 6.45) is 10.9. The van der Waals surface area contributed by atoms with E-state index in [0.717, 1.165) is 62.1 Å². The topological polar surface area (TPSA) is 65.4 Å². The third kappa shape index (κ3) is 6.32. The van der Waals surface area contributed by atoms with Crippen molar-refractivity contribution in [2.75, 3.05) is 14.2 Å². The summed E-state index contributed by atoms with van der Waals surface area (Å²) >= 11 is 7.88. The molecule has 39 heavy (non-hydrogen) atoms. The van der Waals surface area contributed by atoms with E-state index in [9.17, 15) is 9.18 Å². The summed E-state index contributed by atoms with van der Waals surface area (Å²) in [7, 11) is 3.23. The van der Waals surface area contributed by atoms with Gasteiger partial charge in [-0.15, -0.1) is 11.8 Å². The molecule has 0 bridgehead atoms. The predicted molar refractivity (Wildman–Crippen MR) is 154 cm³/mol. The molecule has 3 aromatic rings. The van der Waals surface area contributed by atoms with Gasteiger partial charge in [0.05, 0.1) is 36.0 Å². The van der Waals surface area contributed by atoms with Gasteiger partial charge in [-0.25, -0.2) is 9.37 Å². The van der Waals surface area contributed by atoms with Crippen molar-refractivity contribution in [2.45, 2.75) is 86.9 Å². The first-order chi connectivity index (χ1) is 19.0. The Bertz CT molecular complexity index is 1300. The second-order valence-electron chi connectivity index (χ2n) is 10.6. The van der Waals surface area contributed by atoms with Gasteiger partial charge in [0.1, 0.15) is 17.7 Å². The summed E-state index contributed by atoms with van der Waals surface area (Å²) < 4.78 is 27.4. The van der Waals surface area contributed by atoms with E-state index in [1.54, 1.807) is 32.0 Å². The lowest BCUT2D eigenvalue weighted by Crippen LogP contribution is -2.43. The SMILES string of the molecule is COc1ccc(SCc2nc3cc(F)c(Cl)cc3n2C(C(=O)NC2CCCCC2)C2CCCCC2)cc1OC. The molecule has 210 valence electrons. The quantitative estimate of drug-likeness (QED) is 0.266. The fraction of sp³-hybridized carbons (Fsp3) is 0.533. The van der Waals surface area contributed by atoms with Crippen LogP contribution in [0.2, 0.25) is 5.02 Å². The van der Waals surface area contributed by atoms with Gasteiger partial charge in [0.2, 0.25) is 5.91 Å². The molecule has 2 fully saturated rings. The normalized spacial score (nSPS) is 17.7. The Balaban J connectivity index is 1.53. The third-order valence-corrected chi connectivity index (χ3v) is 9.40. The van der Waals surface area contributed by atoms with Gasteiger partial charge in [-0.1, -0.05) is 50.1 Å². The average Bonchev–Trinajstić information content (AvgIpc) is 3.29. The largest absolute Gasteiger partial charge is 0.493 e. The minimum Gasteiger partial charge on any atom is -0.493 e. The molecule has 9 heteroatoms. The van der Waals surface area contributed by atoms with Crippen LogP contribution in [-0.2, 0) is 10.5 Å². The van der Waals surface area contributed by atoms with Gasteiger partial charge in [0.25, 0.3) is 0 Å². The Hall–Kier alpha value is -2.45. The molecule has 1 amide bonds. The number of methoxy groups -OCH3 is 2.